The van der Waals surface area contributed by atoms with Crippen molar-refractivity contribution in [1.29, 1.82) is 0 Å². The van der Waals surface area contributed by atoms with Crippen LogP contribution in [0.2, 0.25) is 5.15 Å². The number of aromatic nitrogens is 1. The fourth-order valence-electron chi connectivity index (χ4n) is 1.44. The highest BCUT2D eigenvalue weighted by molar-refractivity contribution is 9.10. The van der Waals surface area contributed by atoms with E-state index >= 15 is 0 Å². The minimum absolute atomic E-state index is 0.0422. The quantitative estimate of drug-likeness (QED) is 0.633. The van der Waals surface area contributed by atoms with Crippen LogP contribution in [0.1, 0.15) is 0 Å². The molecule has 9 heteroatoms. The molecule has 5 nitrogen and oxygen atoms in total. The van der Waals surface area contributed by atoms with Crippen LogP contribution in [0.15, 0.2) is 39.8 Å². The molecular formula is C11H8BrClFN3O2S. The number of hydrogen-bond donors (Lipinski definition) is 2. The van der Waals surface area contributed by atoms with Crippen LogP contribution in [0.25, 0.3) is 0 Å². The predicted molar refractivity (Wildman–Crippen MR) is 78.6 cm³/mol. The summed E-state index contributed by atoms with van der Waals surface area (Å²) in [6.45, 7) is 0. The SMILES string of the molecule is Nc1cc(Br)c(F)c(S(=O)(=O)Nc2cccnc2Cl)c1. The van der Waals surface area contributed by atoms with Crippen LogP contribution in [-0.4, -0.2) is 13.4 Å². The Hall–Kier alpha value is -1.38. The molecule has 0 saturated carbocycles. The molecule has 3 N–H and O–H groups in total. The van der Waals surface area contributed by atoms with E-state index in [0.29, 0.717) is 0 Å². The van der Waals surface area contributed by atoms with Gasteiger partial charge < -0.3 is 5.73 Å². The number of sulfonamides is 1. The summed E-state index contributed by atoms with van der Waals surface area (Å²) in [4.78, 5) is 3.15. The first kappa shape index (κ1) is 15.0. The molecule has 2 rings (SSSR count). The first-order chi connectivity index (χ1) is 9.31. The molecule has 0 spiro atoms. The molecule has 0 saturated heterocycles. The summed E-state index contributed by atoms with van der Waals surface area (Å²) in [6.07, 6.45) is 1.40. The van der Waals surface area contributed by atoms with Crippen molar-refractivity contribution in [2.45, 2.75) is 4.90 Å². The van der Waals surface area contributed by atoms with Gasteiger partial charge in [0.15, 0.2) is 11.0 Å². The van der Waals surface area contributed by atoms with E-state index in [4.69, 9.17) is 17.3 Å². The molecule has 106 valence electrons. The Bertz CT molecular complexity index is 770. The van der Waals surface area contributed by atoms with Crippen LogP contribution >= 0.6 is 27.5 Å². The summed E-state index contributed by atoms with van der Waals surface area (Å²) in [6, 6.07) is 5.19. The first-order valence-corrected chi connectivity index (χ1v) is 7.84. The number of nitrogens with zero attached hydrogens (tertiary/aromatic N) is 1. The molecule has 1 heterocycles. The molecular weight excluding hydrogens is 373 g/mol. The van der Waals surface area contributed by atoms with Gasteiger partial charge in [-0.1, -0.05) is 11.6 Å². The highest BCUT2D eigenvalue weighted by Crippen LogP contribution is 2.28. The summed E-state index contributed by atoms with van der Waals surface area (Å²) < 4.78 is 40.4. The molecule has 2 aromatic rings. The van der Waals surface area contributed by atoms with Crippen molar-refractivity contribution in [3.05, 3.63) is 45.9 Å². The normalized spacial score (nSPS) is 11.3. The molecule has 0 unspecified atom stereocenters. The largest absolute Gasteiger partial charge is 0.399 e. The van der Waals surface area contributed by atoms with Gasteiger partial charge in [-0.3, -0.25) is 4.72 Å². The van der Waals surface area contributed by atoms with Crippen molar-refractivity contribution in [3.8, 4) is 0 Å². The summed E-state index contributed by atoms with van der Waals surface area (Å²) in [5, 5.41) is -0.0422. The fraction of sp³-hybridized carbons (Fsp3) is 0. The summed E-state index contributed by atoms with van der Waals surface area (Å²) in [7, 11) is -4.17. The Balaban J connectivity index is 2.49. The lowest BCUT2D eigenvalue weighted by molar-refractivity contribution is 0.567. The van der Waals surface area contributed by atoms with Crippen molar-refractivity contribution in [2.75, 3.05) is 10.5 Å². The number of pyridine rings is 1. The number of rotatable bonds is 3. The number of nitrogens with one attached hydrogen (secondary N) is 1. The van der Waals surface area contributed by atoms with E-state index in [-0.39, 0.29) is 21.0 Å². The highest BCUT2D eigenvalue weighted by Gasteiger charge is 2.22. The van der Waals surface area contributed by atoms with E-state index < -0.39 is 20.7 Å². The Morgan fingerprint density at radius 1 is 1.40 bits per heavy atom. The monoisotopic (exact) mass is 379 g/mol. The minimum Gasteiger partial charge on any atom is -0.399 e. The lowest BCUT2D eigenvalue weighted by Gasteiger charge is -2.11. The number of anilines is 2. The van der Waals surface area contributed by atoms with Crippen LogP contribution in [0.3, 0.4) is 0 Å². The first-order valence-electron chi connectivity index (χ1n) is 5.19. The molecule has 0 aliphatic carbocycles. The van der Waals surface area contributed by atoms with Crippen LogP contribution in [0.5, 0.6) is 0 Å². The number of hydrogen-bond acceptors (Lipinski definition) is 4. The zero-order valence-electron chi connectivity index (χ0n) is 9.77. The van der Waals surface area contributed by atoms with Crippen LogP contribution in [-0.2, 0) is 10.0 Å². The smallest absolute Gasteiger partial charge is 0.265 e. The van der Waals surface area contributed by atoms with Gasteiger partial charge in [0.25, 0.3) is 10.0 Å². The van der Waals surface area contributed by atoms with Gasteiger partial charge in [0.1, 0.15) is 4.90 Å². The molecule has 20 heavy (non-hydrogen) atoms. The Labute approximate surface area is 128 Å². The maximum absolute atomic E-state index is 13.9. The lowest BCUT2D eigenvalue weighted by Crippen LogP contribution is -2.15. The molecule has 0 aliphatic heterocycles. The van der Waals surface area contributed by atoms with E-state index in [1.54, 1.807) is 0 Å². The lowest BCUT2D eigenvalue weighted by atomic mass is 10.3. The van der Waals surface area contributed by atoms with E-state index in [1.165, 1.54) is 24.4 Å². The van der Waals surface area contributed by atoms with Crippen molar-refractivity contribution in [2.24, 2.45) is 0 Å². The second-order valence-corrected chi connectivity index (χ2v) is 6.63. The molecule has 0 aliphatic rings. The van der Waals surface area contributed by atoms with E-state index in [9.17, 15) is 12.8 Å². The predicted octanol–water partition coefficient (Wildman–Crippen LogP) is 3.02. The highest BCUT2D eigenvalue weighted by atomic mass is 79.9. The van der Waals surface area contributed by atoms with Gasteiger partial charge in [-0.05, 0) is 40.2 Å². The Kier molecular flexibility index (Phi) is 4.17. The maximum atomic E-state index is 13.9. The summed E-state index contributed by atoms with van der Waals surface area (Å²) in [5.74, 6) is -0.938. The molecule has 0 radical (unpaired) electrons. The minimum atomic E-state index is -4.17. The third-order valence-corrected chi connectivity index (χ3v) is 4.55. The van der Waals surface area contributed by atoms with Crippen molar-refractivity contribution >= 4 is 48.9 Å². The zero-order chi connectivity index (χ0) is 14.9. The zero-order valence-corrected chi connectivity index (χ0v) is 12.9. The van der Waals surface area contributed by atoms with Gasteiger partial charge in [0.05, 0.1) is 10.2 Å². The number of halogens is 3. The van der Waals surface area contributed by atoms with Gasteiger partial charge in [-0.2, -0.15) is 0 Å². The topological polar surface area (TPSA) is 85.1 Å². The summed E-state index contributed by atoms with van der Waals surface area (Å²) >= 11 is 8.66. The van der Waals surface area contributed by atoms with Gasteiger partial charge >= 0.3 is 0 Å². The average Bonchev–Trinajstić information content (AvgIpc) is 2.36. The van der Waals surface area contributed by atoms with Gasteiger partial charge in [0, 0.05) is 11.9 Å². The third kappa shape index (κ3) is 3.02. The van der Waals surface area contributed by atoms with Crippen molar-refractivity contribution < 1.29 is 12.8 Å². The second-order valence-electron chi connectivity index (χ2n) is 3.76. The van der Waals surface area contributed by atoms with E-state index in [1.807, 2.05) is 0 Å². The van der Waals surface area contributed by atoms with Crippen molar-refractivity contribution in [1.82, 2.24) is 4.98 Å². The fourth-order valence-corrected chi connectivity index (χ4v) is 3.47. The van der Waals surface area contributed by atoms with E-state index in [2.05, 4.69) is 25.6 Å². The van der Waals surface area contributed by atoms with Crippen LogP contribution in [0.4, 0.5) is 15.8 Å². The van der Waals surface area contributed by atoms with Crippen LogP contribution in [0, 0.1) is 5.82 Å². The van der Waals surface area contributed by atoms with Gasteiger partial charge in [-0.25, -0.2) is 17.8 Å². The molecule has 1 aromatic heterocycles. The molecule has 0 atom stereocenters. The molecule has 0 bridgehead atoms. The second kappa shape index (κ2) is 5.55. The number of benzene rings is 1. The molecule has 0 amide bonds. The average molecular weight is 381 g/mol. The number of nitrogens with two attached hydrogens (primary N) is 1. The third-order valence-electron chi connectivity index (χ3n) is 2.31. The van der Waals surface area contributed by atoms with E-state index in [0.717, 1.165) is 6.07 Å². The number of nitrogen functional groups attached to an aromatic ring is 1. The van der Waals surface area contributed by atoms with Gasteiger partial charge in [0.2, 0.25) is 0 Å². The van der Waals surface area contributed by atoms with Gasteiger partial charge in [-0.15, -0.1) is 0 Å². The standard InChI is InChI=1S/C11H8BrClFN3O2S/c12-7-4-6(15)5-9(10(7)14)20(18,19)17-8-2-1-3-16-11(8)13/h1-5,17H,15H2. The summed E-state index contributed by atoms with van der Waals surface area (Å²) in [5.41, 5.74) is 5.68. The van der Waals surface area contributed by atoms with Crippen molar-refractivity contribution in [3.63, 3.8) is 0 Å². The molecule has 0 fully saturated rings. The Morgan fingerprint density at radius 2 is 2.10 bits per heavy atom. The van der Waals surface area contributed by atoms with Crippen LogP contribution < -0.4 is 10.5 Å². The molecule has 1 aromatic carbocycles. The Morgan fingerprint density at radius 3 is 2.75 bits per heavy atom. The maximum Gasteiger partial charge on any atom is 0.265 e.